The molecule has 0 aromatic heterocycles. The Morgan fingerprint density at radius 3 is 1.89 bits per heavy atom. The van der Waals surface area contributed by atoms with Crippen molar-refractivity contribution in [3.63, 3.8) is 0 Å². The van der Waals surface area contributed by atoms with Gasteiger partial charge in [0.05, 0.1) is 0 Å². The third-order valence-corrected chi connectivity index (χ3v) is 3.19. The van der Waals surface area contributed by atoms with E-state index in [-0.39, 0.29) is 12.4 Å². The molecular weight excluding hydrogens is 300 g/mol. The first kappa shape index (κ1) is 16.4. The largest absolute Gasteiger partial charge is 0.409 e. The minimum absolute atomic E-state index is 0.204. The van der Waals surface area contributed by atoms with E-state index in [4.69, 9.17) is 11.6 Å². The predicted octanol–water partition coefficient (Wildman–Crippen LogP) is 3.35. The number of carbonyl (C=O) groups is 1. The molecule has 0 heterocycles. The van der Waals surface area contributed by atoms with Crippen LogP contribution in [0.2, 0.25) is 0 Å². The van der Waals surface area contributed by atoms with Crippen molar-refractivity contribution >= 4 is 17.5 Å². The molecule has 0 spiro atoms. The van der Waals surface area contributed by atoms with Gasteiger partial charge in [-0.25, -0.2) is 0 Å². The van der Waals surface area contributed by atoms with E-state index in [0.29, 0.717) is 24.2 Å². The second kappa shape index (κ2) is 5.76. The van der Waals surface area contributed by atoms with Gasteiger partial charge < -0.3 is 4.90 Å². The van der Waals surface area contributed by atoms with Gasteiger partial charge in [0.1, 0.15) is 0 Å². The molecule has 1 aliphatic rings. The van der Waals surface area contributed by atoms with Crippen LogP contribution in [0.3, 0.4) is 0 Å². The van der Waals surface area contributed by atoms with E-state index in [2.05, 4.69) is 0 Å². The molecule has 2 nitrogen and oxygen atoms in total. The van der Waals surface area contributed by atoms with Crippen molar-refractivity contribution in [2.24, 2.45) is 5.92 Å². The van der Waals surface area contributed by atoms with Gasteiger partial charge in [0.25, 0.3) is 0 Å². The maximum atomic E-state index is 12.5. The van der Waals surface area contributed by atoms with Crippen LogP contribution in [0, 0.1) is 5.92 Å². The molecule has 1 aliphatic carbocycles. The molecule has 0 aromatic rings. The molecule has 0 aliphatic heterocycles. The summed E-state index contributed by atoms with van der Waals surface area (Å²) < 4.78 is 74.7. The quantitative estimate of drug-likeness (QED) is 0.576. The van der Waals surface area contributed by atoms with Crippen LogP contribution in [-0.2, 0) is 4.79 Å². The minimum atomic E-state index is -5.65. The molecule has 0 N–H and O–H groups in total. The Hall–Kier alpha value is -0.660. The summed E-state index contributed by atoms with van der Waals surface area (Å²) in [5.74, 6) is -6.13. The van der Waals surface area contributed by atoms with Gasteiger partial charge in [0, 0.05) is 18.5 Å². The molecule has 9 heteroatoms. The molecule has 0 aromatic carbocycles. The SMILES string of the molecule is O=C(C(C(F)(F)F)C(F)(F)F)N(CCCl)C1CCC1. The lowest BCUT2D eigenvalue weighted by molar-refractivity contribution is -0.278. The maximum Gasteiger partial charge on any atom is 0.409 e. The molecule has 19 heavy (non-hydrogen) atoms. The van der Waals surface area contributed by atoms with Crippen LogP contribution in [0.4, 0.5) is 26.3 Å². The van der Waals surface area contributed by atoms with Crippen LogP contribution >= 0.6 is 11.6 Å². The number of carbonyl (C=O) groups excluding carboxylic acids is 1. The Kier molecular flexibility index (Phi) is 4.97. The standard InChI is InChI=1S/C10H12ClF6NO/c11-4-5-18(6-2-1-3-6)8(19)7(9(12,13)14)10(15,16)17/h6-7H,1-5H2. The molecule has 1 saturated carbocycles. The van der Waals surface area contributed by atoms with Crippen molar-refractivity contribution < 1.29 is 31.1 Å². The van der Waals surface area contributed by atoms with Gasteiger partial charge in [-0.1, -0.05) is 0 Å². The zero-order valence-corrected chi connectivity index (χ0v) is 10.4. The summed E-state index contributed by atoms with van der Waals surface area (Å²) in [4.78, 5) is 12.2. The van der Waals surface area contributed by atoms with Gasteiger partial charge in [-0.3, -0.25) is 4.79 Å². The van der Waals surface area contributed by atoms with Crippen LogP contribution in [0.15, 0.2) is 0 Å². The zero-order chi connectivity index (χ0) is 14.8. The van der Waals surface area contributed by atoms with E-state index in [1.807, 2.05) is 0 Å². The maximum absolute atomic E-state index is 12.5. The highest BCUT2D eigenvalue weighted by molar-refractivity contribution is 6.18. The third kappa shape index (κ3) is 3.90. The molecule has 0 unspecified atom stereocenters. The number of halogens is 7. The van der Waals surface area contributed by atoms with Gasteiger partial charge in [0.15, 0.2) is 0 Å². The Labute approximate surface area is 110 Å². The fraction of sp³-hybridized carbons (Fsp3) is 0.900. The van der Waals surface area contributed by atoms with Gasteiger partial charge in [0.2, 0.25) is 11.8 Å². The Morgan fingerprint density at radius 2 is 1.63 bits per heavy atom. The van der Waals surface area contributed by atoms with Gasteiger partial charge in [-0.2, -0.15) is 26.3 Å². The van der Waals surface area contributed by atoms with Crippen molar-refractivity contribution in [3.8, 4) is 0 Å². The van der Waals surface area contributed by atoms with Crippen LogP contribution in [0.1, 0.15) is 19.3 Å². The summed E-state index contributed by atoms with van der Waals surface area (Å²) in [5.41, 5.74) is 0. The van der Waals surface area contributed by atoms with Gasteiger partial charge in [-0.15, -0.1) is 11.6 Å². The second-order valence-corrected chi connectivity index (χ2v) is 4.70. The van der Waals surface area contributed by atoms with Crippen molar-refractivity contribution in [1.29, 1.82) is 0 Å². The first-order valence-corrected chi connectivity index (χ1v) is 6.12. The van der Waals surface area contributed by atoms with Crippen molar-refractivity contribution in [2.75, 3.05) is 12.4 Å². The minimum Gasteiger partial charge on any atom is -0.338 e. The van der Waals surface area contributed by atoms with Crippen LogP contribution in [0.5, 0.6) is 0 Å². The fourth-order valence-electron chi connectivity index (χ4n) is 1.89. The topological polar surface area (TPSA) is 20.3 Å². The molecular formula is C10H12ClF6NO. The third-order valence-electron chi connectivity index (χ3n) is 3.03. The average Bonchev–Trinajstić information content (AvgIpc) is 2.09. The number of hydrogen-bond donors (Lipinski definition) is 0. The van der Waals surface area contributed by atoms with Gasteiger partial charge >= 0.3 is 12.4 Å². The summed E-state index contributed by atoms with van der Waals surface area (Å²) in [6.45, 7) is -0.312. The van der Waals surface area contributed by atoms with E-state index in [0.717, 1.165) is 0 Å². The fourth-order valence-corrected chi connectivity index (χ4v) is 2.08. The summed E-state index contributed by atoms with van der Waals surface area (Å²) in [7, 11) is 0. The van der Waals surface area contributed by atoms with Crippen LogP contribution < -0.4 is 0 Å². The molecule has 0 atom stereocenters. The number of rotatable bonds is 4. The highest BCUT2D eigenvalue weighted by Crippen LogP contribution is 2.41. The Balaban J connectivity index is 2.96. The zero-order valence-electron chi connectivity index (χ0n) is 9.69. The Bertz CT molecular complexity index is 311. The lowest BCUT2D eigenvalue weighted by Crippen LogP contribution is -2.54. The van der Waals surface area contributed by atoms with Crippen molar-refractivity contribution in [2.45, 2.75) is 37.7 Å². The summed E-state index contributed by atoms with van der Waals surface area (Å²) in [6, 6.07) is -0.571. The normalized spacial score (nSPS) is 17.5. The van der Waals surface area contributed by atoms with Crippen molar-refractivity contribution in [3.05, 3.63) is 0 Å². The predicted molar refractivity (Wildman–Crippen MR) is 55.7 cm³/mol. The first-order valence-electron chi connectivity index (χ1n) is 5.59. The van der Waals surface area contributed by atoms with E-state index < -0.39 is 30.2 Å². The summed E-state index contributed by atoms with van der Waals surface area (Å²) >= 11 is 5.34. The number of alkyl halides is 7. The van der Waals surface area contributed by atoms with E-state index in [1.165, 1.54) is 0 Å². The molecule has 0 saturated heterocycles. The van der Waals surface area contributed by atoms with Crippen LogP contribution in [0.25, 0.3) is 0 Å². The molecule has 1 rings (SSSR count). The monoisotopic (exact) mass is 311 g/mol. The number of hydrogen-bond acceptors (Lipinski definition) is 1. The second-order valence-electron chi connectivity index (χ2n) is 4.32. The summed E-state index contributed by atoms with van der Waals surface area (Å²) in [6.07, 6.45) is -9.80. The van der Waals surface area contributed by atoms with E-state index in [9.17, 15) is 31.1 Å². The van der Waals surface area contributed by atoms with Crippen LogP contribution in [-0.4, -0.2) is 41.6 Å². The lowest BCUT2D eigenvalue weighted by Gasteiger charge is -2.39. The highest BCUT2D eigenvalue weighted by Gasteiger charge is 2.62. The Morgan fingerprint density at radius 1 is 1.16 bits per heavy atom. The van der Waals surface area contributed by atoms with E-state index >= 15 is 0 Å². The highest BCUT2D eigenvalue weighted by atomic mass is 35.5. The average molecular weight is 312 g/mol. The molecule has 112 valence electrons. The smallest absolute Gasteiger partial charge is 0.338 e. The summed E-state index contributed by atoms with van der Waals surface area (Å²) in [5, 5.41) is 0. The molecule has 1 fully saturated rings. The number of amides is 1. The van der Waals surface area contributed by atoms with E-state index in [1.54, 1.807) is 0 Å². The van der Waals surface area contributed by atoms with Gasteiger partial charge in [-0.05, 0) is 19.3 Å². The molecule has 1 amide bonds. The molecule has 0 radical (unpaired) electrons. The molecule has 0 bridgehead atoms. The first-order chi connectivity index (χ1) is 8.59. The van der Waals surface area contributed by atoms with Crippen molar-refractivity contribution in [1.82, 2.24) is 4.90 Å². The lowest BCUT2D eigenvalue weighted by atomic mass is 9.90. The number of nitrogens with zero attached hydrogens (tertiary/aromatic N) is 1.